The maximum Gasteiger partial charge on any atom is 0.261 e. The number of rotatable bonds is 7. The van der Waals surface area contributed by atoms with Crippen LogP contribution in [0.4, 0.5) is 0 Å². The van der Waals surface area contributed by atoms with Crippen LogP contribution in [0.2, 0.25) is 0 Å². The number of hydrogen-bond acceptors (Lipinski definition) is 4. The summed E-state index contributed by atoms with van der Waals surface area (Å²) in [5.74, 6) is 0.695. The molecule has 1 aliphatic heterocycles. The normalized spacial score (nSPS) is 14.7. The quantitative estimate of drug-likeness (QED) is 0.614. The molecule has 0 spiro atoms. The fourth-order valence-electron chi connectivity index (χ4n) is 4.65. The average Bonchev–Trinajstić information content (AvgIpc) is 3.07. The molecule has 0 fully saturated rings. The summed E-state index contributed by atoms with van der Waals surface area (Å²) >= 11 is 0. The van der Waals surface area contributed by atoms with Crippen LogP contribution in [0.3, 0.4) is 0 Å². The van der Waals surface area contributed by atoms with Gasteiger partial charge in [0.05, 0.1) is 16.9 Å². The monoisotopic (exact) mass is 432 g/mol. The van der Waals surface area contributed by atoms with Crippen molar-refractivity contribution in [2.45, 2.75) is 52.1 Å². The number of aryl methyl sites for hydroxylation is 1. The maximum absolute atomic E-state index is 13.0. The lowest BCUT2D eigenvalue weighted by molar-refractivity contribution is 0.0935. The number of carbonyl (C=O) groups is 1. The Bertz CT molecular complexity index is 1140. The third kappa shape index (κ3) is 4.60. The van der Waals surface area contributed by atoms with Crippen molar-refractivity contribution in [2.75, 3.05) is 19.6 Å². The average molecular weight is 433 g/mol. The topological polar surface area (TPSA) is 67.2 Å². The van der Waals surface area contributed by atoms with Gasteiger partial charge in [0, 0.05) is 25.1 Å². The fourth-order valence-corrected chi connectivity index (χ4v) is 4.65. The number of aromatic nitrogens is 2. The van der Waals surface area contributed by atoms with Crippen molar-refractivity contribution in [1.82, 2.24) is 19.8 Å². The zero-order valence-corrected chi connectivity index (χ0v) is 19.0. The number of amides is 1. The van der Waals surface area contributed by atoms with Gasteiger partial charge in [0.15, 0.2) is 0 Å². The summed E-state index contributed by atoms with van der Waals surface area (Å²) in [6.45, 7) is 7.32. The summed E-state index contributed by atoms with van der Waals surface area (Å²) in [7, 11) is 0. The van der Waals surface area contributed by atoms with Gasteiger partial charge in [-0.3, -0.25) is 19.1 Å². The van der Waals surface area contributed by atoms with Gasteiger partial charge in [-0.05, 0) is 49.7 Å². The number of carbonyl (C=O) groups excluding carboxylic acids is 1. The van der Waals surface area contributed by atoms with Crippen LogP contribution in [0.15, 0.2) is 53.3 Å². The molecular formula is C26H32N4O2. The standard InChI is InChI=1S/C26H32N4O2/c1-3-29(4-2)23(19-11-7-5-8-12-19)18-27-25(31)20-14-15-21-22(17-20)28-24-13-9-6-10-16-30(24)26(21)32/h5,7-8,11-12,14-15,17,23H,3-4,6,9-10,13,16,18H2,1-2H3,(H,27,31). The number of likely N-dealkylation sites (N-methyl/N-ethyl adjacent to an activating group) is 1. The predicted molar refractivity (Wildman–Crippen MR) is 128 cm³/mol. The van der Waals surface area contributed by atoms with Gasteiger partial charge in [-0.1, -0.05) is 50.6 Å². The molecule has 0 aliphatic carbocycles. The van der Waals surface area contributed by atoms with Gasteiger partial charge in [-0.15, -0.1) is 0 Å². The van der Waals surface area contributed by atoms with Crippen LogP contribution in [0.5, 0.6) is 0 Å². The molecule has 168 valence electrons. The van der Waals surface area contributed by atoms with Crippen LogP contribution in [0.1, 0.15) is 60.9 Å². The lowest BCUT2D eigenvalue weighted by Crippen LogP contribution is -2.38. The predicted octanol–water partition coefficient (Wildman–Crippen LogP) is 3.94. The summed E-state index contributed by atoms with van der Waals surface area (Å²) in [5.41, 5.74) is 2.34. The summed E-state index contributed by atoms with van der Waals surface area (Å²) in [4.78, 5) is 33.0. The molecule has 0 radical (unpaired) electrons. The summed E-state index contributed by atoms with van der Waals surface area (Å²) < 4.78 is 1.81. The molecule has 0 saturated heterocycles. The molecule has 0 saturated carbocycles. The van der Waals surface area contributed by atoms with Gasteiger partial charge < -0.3 is 5.32 Å². The van der Waals surface area contributed by atoms with Crippen molar-refractivity contribution < 1.29 is 4.79 Å². The number of benzene rings is 2. The van der Waals surface area contributed by atoms with E-state index in [1.165, 1.54) is 5.56 Å². The van der Waals surface area contributed by atoms with Crippen LogP contribution in [-0.2, 0) is 13.0 Å². The molecule has 1 unspecified atom stereocenters. The first kappa shape index (κ1) is 22.2. The van der Waals surface area contributed by atoms with Gasteiger partial charge in [0.1, 0.15) is 5.82 Å². The van der Waals surface area contributed by atoms with Crippen LogP contribution >= 0.6 is 0 Å². The number of hydrogen-bond donors (Lipinski definition) is 1. The smallest absolute Gasteiger partial charge is 0.261 e. The molecule has 2 heterocycles. The second kappa shape index (κ2) is 10.1. The number of nitrogens with zero attached hydrogens (tertiary/aromatic N) is 3. The minimum absolute atomic E-state index is 0.00420. The minimum Gasteiger partial charge on any atom is -0.350 e. The summed E-state index contributed by atoms with van der Waals surface area (Å²) in [6.07, 6.45) is 3.98. The minimum atomic E-state index is -0.142. The van der Waals surface area contributed by atoms with Crippen LogP contribution in [0.25, 0.3) is 10.9 Å². The van der Waals surface area contributed by atoms with Gasteiger partial charge in [0.2, 0.25) is 0 Å². The van der Waals surface area contributed by atoms with Gasteiger partial charge >= 0.3 is 0 Å². The Kier molecular flexibility index (Phi) is 7.00. The third-order valence-electron chi connectivity index (χ3n) is 6.47. The van der Waals surface area contributed by atoms with Crippen LogP contribution < -0.4 is 10.9 Å². The number of fused-ring (bicyclic) bond motifs is 2. The molecule has 0 bridgehead atoms. The first-order valence-electron chi connectivity index (χ1n) is 11.7. The lowest BCUT2D eigenvalue weighted by Gasteiger charge is -2.30. The second-order valence-electron chi connectivity index (χ2n) is 8.39. The van der Waals surface area contributed by atoms with E-state index >= 15 is 0 Å². The molecule has 1 aromatic heterocycles. The van der Waals surface area contributed by atoms with Gasteiger partial charge in [-0.25, -0.2) is 4.98 Å². The van der Waals surface area contributed by atoms with Gasteiger partial charge in [0.25, 0.3) is 11.5 Å². The first-order chi connectivity index (χ1) is 15.6. The highest BCUT2D eigenvalue weighted by atomic mass is 16.1. The van der Waals surface area contributed by atoms with E-state index in [1.807, 2.05) is 22.8 Å². The molecule has 6 nitrogen and oxygen atoms in total. The zero-order valence-electron chi connectivity index (χ0n) is 19.0. The van der Waals surface area contributed by atoms with E-state index in [4.69, 9.17) is 4.98 Å². The van der Waals surface area contributed by atoms with E-state index in [-0.39, 0.29) is 17.5 Å². The second-order valence-corrected chi connectivity index (χ2v) is 8.39. The maximum atomic E-state index is 13.0. The Morgan fingerprint density at radius 3 is 2.62 bits per heavy atom. The van der Waals surface area contributed by atoms with Crippen molar-refractivity contribution in [3.63, 3.8) is 0 Å². The molecule has 3 aromatic rings. The highest BCUT2D eigenvalue weighted by molar-refractivity contribution is 5.97. The van der Waals surface area contributed by atoms with E-state index < -0.39 is 0 Å². The Hall–Kier alpha value is -2.99. The Morgan fingerprint density at radius 2 is 1.88 bits per heavy atom. The molecule has 1 N–H and O–H groups in total. The molecule has 4 rings (SSSR count). The highest BCUT2D eigenvalue weighted by Gasteiger charge is 2.20. The van der Waals surface area contributed by atoms with Crippen LogP contribution in [0, 0.1) is 0 Å². The molecule has 32 heavy (non-hydrogen) atoms. The van der Waals surface area contributed by atoms with E-state index in [0.717, 1.165) is 51.1 Å². The lowest BCUT2D eigenvalue weighted by atomic mass is 10.0. The number of nitrogens with one attached hydrogen (secondary N) is 1. The van der Waals surface area contributed by atoms with E-state index in [1.54, 1.807) is 18.2 Å². The Labute approximate surface area is 189 Å². The van der Waals surface area contributed by atoms with Crippen molar-refractivity contribution in [1.29, 1.82) is 0 Å². The van der Waals surface area contributed by atoms with Crippen molar-refractivity contribution >= 4 is 16.8 Å². The van der Waals surface area contributed by atoms with E-state index in [9.17, 15) is 9.59 Å². The molecule has 1 amide bonds. The Balaban J connectivity index is 1.57. The molecule has 1 atom stereocenters. The van der Waals surface area contributed by atoms with Gasteiger partial charge in [-0.2, -0.15) is 0 Å². The fraction of sp³-hybridized carbons (Fsp3) is 0.423. The van der Waals surface area contributed by atoms with E-state index in [2.05, 4.69) is 36.2 Å². The molecular weight excluding hydrogens is 400 g/mol. The molecule has 6 heteroatoms. The largest absolute Gasteiger partial charge is 0.350 e. The Morgan fingerprint density at radius 1 is 1.09 bits per heavy atom. The zero-order chi connectivity index (χ0) is 22.5. The summed E-state index contributed by atoms with van der Waals surface area (Å²) in [5, 5.41) is 3.69. The molecule has 2 aromatic carbocycles. The SMILES string of the molecule is CCN(CC)C(CNC(=O)c1ccc2c(=O)n3c(nc2c1)CCCCC3)c1ccccc1. The summed E-state index contributed by atoms with van der Waals surface area (Å²) in [6, 6.07) is 15.6. The van der Waals surface area contributed by atoms with Crippen molar-refractivity contribution in [3.8, 4) is 0 Å². The molecule has 1 aliphatic rings. The van der Waals surface area contributed by atoms with Crippen molar-refractivity contribution in [3.05, 3.63) is 75.8 Å². The first-order valence-corrected chi connectivity index (χ1v) is 11.7. The highest BCUT2D eigenvalue weighted by Crippen LogP contribution is 2.20. The van der Waals surface area contributed by atoms with Crippen LogP contribution in [-0.4, -0.2) is 40.0 Å². The van der Waals surface area contributed by atoms with E-state index in [0.29, 0.717) is 23.0 Å². The third-order valence-corrected chi connectivity index (χ3v) is 6.47. The van der Waals surface area contributed by atoms with Crippen molar-refractivity contribution in [2.24, 2.45) is 0 Å².